The average Bonchev–Trinajstić information content (AvgIpc) is 3.04. The van der Waals surface area contributed by atoms with Crippen molar-refractivity contribution >= 4 is 17.2 Å². The molecule has 5 nitrogen and oxygen atoms in total. The number of aromatic nitrogens is 2. The second-order valence-electron chi connectivity index (χ2n) is 4.46. The van der Waals surface area contributed by atoms with E-state index in [2.05, 4.69) is 21.6 Å². The molecule has 2 rings (SSSR count). The Labute approximate surface area is 116 Å². The zero-order valence-electron chi connectivity index (χ0n) is 11.1. The summed E-state index contributed by atoms with van der Waals surface area (Å²) in [5.41, 5.74) is 2.18. The van der Waals surface area contributed by atoms with Gasteiger partial charge in [0.25, 0.3) is 0 Å². The topological polar surface area (TPSA) is 61.0 Å². The van der Waals surface area contributed by atoms with E-state index in [1.807, 2.05) is 17.6 Å². The van der Waals surface area contributed by atoms with Crippen LogP contribution in [0.2, 0.25) is 0 Å². The first-order chi connectivity index (χ1) is 9.18. The molecule has 0 radical (unpaired) electrons. The molecule has 0 aliphatic carbocycles. The van der Waals surface area contributed by atoms with Crippen molar-refractivity contribution in [3.05, 3.63) is 29.3 Å². The lowest BCUT2D eigenvalue weighted by Crippen LogP contribution is -2.26. The van der Waals surface area contributed by atoms with Gasteiger partial charge < -0.3 is 10.2 Å². The molecule has 6 heteroatoms. The van der Waals surface area contributed by atoms with Crippen LogP contribution in [-0.2, 0) is 11.3 Å². The molecule has 2 N–H and O–H groups in total. The van der Waals surface area contributed by atoms with Crippen molar-refractivity contribution < 1.29 is 4.79 Å². The van der Waals surface area contributed by atoms with E-state index in [1.165, 1.54) is 4.88 Å². The maximum atomic E-state index is 11.4. The standard InChI is InChI=1S/C13H18N4OS/c1-17(2)12(18)5-6-14-8-10-9-15-16-13(10)11-4-3-7-19-11/h3-4,7,9,14H,5-6,8H2,1-2H3,(H,15,16). The molecule has 0 saturated carbocycles. The van der Waals surface area contributed by atoms with Crippen molar-refractivity contribution in [2.24, 2.45) is 0 Å². The minimum Gasteiger partial charge on any atom is -0.349 e. The summed E-state index contributed by atoms with van der Waals surface area (Å²) >= 11 is 1.68. The zero-order chi connectivity index (χ0) is 13.7. The fourth-order valence-electron chi connectivity index (χ4n) is 1.72. The quantitative estimate of drug-likeness (QED) is 0.791. The molecule has 0 aliphatic heterocycles. The maximum absolute atomic E-state index is 11.4. The number of carbonyl (C=O) groups is 1. The highest BCUT2D eigenvalue weighted by atomic mass is 32.1. The Morgan fingerprint density at radius 2 is 2.37 bits per heavy atom. The molecule has 0 atom stereocenters. The third-order valence-corrected chi connectivity index (χ3v) is 3.70. The van der Waals surface area contributed by atoms with Crippen LogP contribution in [0.25, 0.3) is 10.6 Å². The molecule has 2 aromatic rings. The van der Waals surface area contributed by atoms with Crippen LogP contribution in [-0.4, -0.2) is 41.6 Å². The van der Waals surface area contributed by atoms with Gasteiger partial charge in [-0.05, 0) is 11.4 Å². The van der Waals surface area contributed by atoms with Crippen molar-refractivity contribution in [2.45, 2.75) is 13.0 Å². The van der Waals surface area contributed by atoms with Crippen LogP contribution in [0.5, 0.6) is 0 Å². The van der Waals surface area contributed by atoms with Crippen molar-refractivity contribution in [3.8, 4) is 10.6 Å². The van der Waals surface area contributed by atoms with Crippen LogP contribution in [0.1, 0.15) is 12.0 Å². The van der Waals surface area contributed by atoms with E-state index in [-0.39, 0.29) is 5.91 Å². The second kappa shape index (κ2) is 6.49. The lowest BCUT2D eigenvalue weighted by atomic mass is 10.2. The highest BCUT2D eigenvalue weighted by Gasteiger charge is 2.08. The maximum Gasteiger partial charge on any atom is 0.223 e. The predicted octanol–water partition coefficient (Wildman–Crippen LogP) is 1.71. The van der Waals surface area contributed by atoms with Crippen LogP contribution in [0.3, 0.4) is 0 Å². The molecule has 0 bridgehead atoms. The molecule has 0 unspecified atom stereocenters. The van der Waals surface area contributed by atoms with E-state index >= 15 is 0 Å². The molecular weight excluding hydrogens is 260 g/mol. The summed E-state index contributed by atoms with van der Waals surface area (Å²) in [6.45, 7) is 1.39. The van der Waals surface area contributed by atoms with Crippen molar-refractivity contribution in [1.29, 1.82) is 0 Å². The smallest absolute Gasteiger partial charge is 0.223 e. The number of thiophene rings is 1. The van der Waals surface area contributed by atoms with Crippen LogP contribution < -0.4 is 5.32 Å². The lowest BCUT2D eigenvalue weighted by molar-refractivity contribution is -0.128. The summed E-state index contributed by atoms with van der Waals surface area (Å²) < 4.78 is 0. The minimum absolute atomic E-state index is 0.137. The minimum atomic E-state index is 0.137. The molecule has 2 heterocycles. The number of H-pyrrole nitrogens is 1. The molecular formula is C13H18N4OS. The Bertz CT molecular complexity index is 518. The van der Waals surface area contributed by atoms with Crippen molar-refractivity contribution in [3.63, 3.8) is 0 Å². The molecule has 102 valence electrons. The van der Waals surface area contributed by atoms with Gasteiger partial charge >= 0.3 is 0 Å². The van der Waals surface area contributed by atoms with E-state index in [0.717, 1.165) is 11.3 Å². The fourth-order valence-corrected chi connectivity index (χ4v) is 2.48. The summed E-state index contributed by atoms with van der Waals surface area (Å²) in [6.07, 6.45) is 2.34. The van der Waals surface area contributed by atoms with Gasteiger partial charge in [-0.15, -0.1) is 11.3 Å². The Kier molecular flexibility index (Phi) is 4.70. The molecule has 0 aliphatic rings. The Hall–Kier alpha value is -1.66. The summed E-state index contributed by atoms with van der Waals surface area (Å²) in [5, 5.41) is 12.4. The van der Waals surface area contributed by atoms with Crippen LogP contribution in [0, 0.1) is 0 Å². The molecule has 0 saturated heterocycles. The fraction of sp³-hybridized carbons (Fsp3) is 0.385. The molecule has 1 amide bonds. The van der Waals surface area contributed by atoms with Crippen molar-refractivity contribution in [2.75, 3.05) is 20.6 Å². The summed E-state index contributed by atoms with van der Waals surface area (Å²) in [4.78, 5) is 14.2. The van der Waals surface area contributed by atoms with E-state index in [4.69, 9.17) is 0 Å². The molecule has 0 aromatic carbocycles. The monoisotopic (exact) mass is 278 g/mol. The highest BCUT2D eigenvalue weighted by molar-refractivity contribution is 7.13. The molecule has 0 fully saturated rings. The van der Waals surface area contributed by atoms with Crippen LogP contribution in [0.15, 0.2) is 23.7 Å². The summed E-state index contributed by atoms with van der Waals surface area (Å²) in [5.74, 6) is 0.137. The third-order valence-electron chi connectivity index (χ3n) is 2.82. The third kappa shape index (κ3) is 3.65. The van der Waals surface area contributed by atoms with E-state index in [1.54, 1.807) is 30.3 Å². The van der Waals surface area contributed by atoms with Gasteiger partial charge in [0.1, 0.15) is 0 Å². The number of nitrogens with zero attached hydrogens (tertiary/aromatic N) is 2. The first-order valence-electron chi connectivity index (χ1n) is 6.15. The van der Waals surface area contributed by atoms with Crippen LogP contribution >= 0.6 is 11.3 Å². The van der Waals surface area contributed by atoms with Gasteiger partial charge in [0.05, 0.1) is 16.8 Å². The summed E-state index contributed by atoms with van der Waals surface area (Å²) in [6, 6.07) is 4.09. The largest absolute Gasteiger partial charge is 0.349 e. The van der Waals surface area contributed by atoms with Gasteiger partial charge in [-0.3, -0.25) is 9.89 Å². The first-order valence-corrected chi connectivity index (χ1v) is 7.03. The number of nitrogens with one attached hydrogen (secondary N) is 2. The SMILES string of the molecule is CN(C)C(=O)CCNCc1cn[nH]c1-c1cccs1. The van der Waals surface area contributed by atoms with Gasteiger partial charge in [-0.25, -0.2) is 0 Å². The Morgan fingerprint density at radius 1 is 1.53 bits per heavy atom. The van der Waals surface area contributed by atoms with E-state index in [0.29, 0.717) is 19.5 Å². The number of rotatable bonds is 6. The van der Waals surface area contributed by atoms with Gasteiger partial charge in [0, 0.05) is 39.2 Å². The number of carbonyl (C=O) groups excluding carboxylic acids is 1. The van der Waals surface area contributed by atoms with Gasteiger partial charge in [0.15, 0.2) is 0 Å². The average molecular weight is 278 g/mol. The lowest BCUT2D eigenvalue weighted by Gasteiger charge is -2.10. The first kappa shape index (κ1) is 13.8. The number of aromatic amines is 1. The van der Waals surface area contributed by atoms with Gasteiger partial charge in [0.2, 0.25) is 5.91 Å². The van der Waals surface area contributed by atoms with Crippen LogP contribution in [0.4, 0.5) is 0 Å². The molecule has 2 aromatic heterocycles. The normalized spacial score (nSPS) is 10.6. The number of hydrogen-bond acceptors (Lipinski definition) is 4. The summed E-state index contributed by atoms with van der Waals surface area (Å²) in [7, 11) is 3.54. The van der Waals surface area contributed by atoms with E-state index < -0.39 is 0 Å². The Morgan fingerprint density at radius 3 is 3.05 bits per heavy atom. The van der Waals surface area contributed by atoms with E-state index in [9.17, 15) is 4.79 Å². The predicted molar refractivity (Wildman–Crippen MR) is 76.9 cm³/mol. The highest BCUT2D eigenvalue weighted by Crippen LogP contribution is 2.25. The number of amides is 1. The second-order valence-corrected chi connectivity index (χ2v) is 5.41. The van der Waals surface area contributed by atoms with Gasteiger partial charge in [-0.2, -0.15) is 5.10 Å². The Balaban J connectivity index is 1.84. The molecule has 0 spiro atoms. The van der Waals surface area contributed by atoms with Gasteiger partial charge in [-0.1, -0.05) is 6.07 Å². The zero-order valence-corrected chi connectivity index (χ0v) is 12.0. The number of hydrogen-bond donors (Lipinski definition) is 2. The van der Waals surface area contributed by atoms with Crippen molar-refractivity contribution in [1.82, 2.24) is 20.4 Å². The molecule has 19 heavy (non-hydrogen) atoms.